The molecule has 3 aromatic rings. The molecule has 0 unspecified atom stereocenters. The minimum atomic E-state index is -0.387. The summed E-state index contributed by atoms with van der Waals surface area (Å²) in [5.74, 6) is 1.94. The number of rotatable bonds is 5. The van der Waals surface area contributed by atoms with Gasteiger partial charge in [-0.1, -0.05) is 12.1 Å². The first-order chi connectivity index (χ1) is 13.1. The van der Waals surface area contributed by atoms with Gasteiger partial charge < -0.3 is 9.47 Å². The Labute approximate surface area is 159 Å². The summed E-state index contributed by atoms with van der Waals surface area (Å²) in [6, 6.07) is 10.9. The molecule has 0 aliphatic carbocycles. The maximum Gasteiger partial charge on any atom is 0.270 e. The molecule has 4 rings (SSSR count). The largest absolute Gasteiger partial charge is 0.467 e. The predicted molar refractivity (Wildman–Crippen MR) is 103 cm³/mol. The summed E-state index contributed by atoms with van der Waals surface area (Å²) in [4.78, 5) is 20.1. The fraction of sp³-hybridized carbons (Fsp3) is 0.263. The maximum absolute atomic E-state index is 11.2. The summed E-state index contributed by atoms with van der Waals surface area (Å²) in [6.45, 7) is 2.44. The SMILES string of the molecule is Cc1nc2ccccc2nc1CSCc1cc([N+](=O)[O-])cc2c1OCOC2. The van der Waals surface area contributed by atoms with Crippen LogP contribution in [0.15, 0.2) is 36.4 Å². The van der Waals surface area contributed by atoms with Gasteiger partial charge in [-0.15, -0.1) is 0 Å². The number of para-hydroxylation sites is 2. The first-order valence-corrected chi connectivity index (χ1v) is 9.58. The number of ether oxygens (including phenoxy) is 2. The zero-order valence-corrected chi connectivity index (χ0v) is 15.5. The van der Waals surface area contributed by atoms with Crippen molar-refractivity contribution in [3.63, 3.8) is 0 Å². The number of aryl methyl sites for hydroxylation is 1. The first-order valence-electron chi connectivity index (χ1n) is 8.42. The van der Waals surface area contributed by atoms with Gasteiger partial charge in [0.05, 0.1) is 34.0 Å². The monoisotopic (exact) mass is 383 g/mol. The lowest BCUT2D eigenvalue weighted by Crippen LogP contribution is -2.13. The third-order valence-electron chi connectivity index (χ3n) is 4.32. The van der Waals surface area contributed by atoms with E-state index >= 15 is 0 Å². The molecule has 0 amide bonds. The predicted octanol–water partition coefficient (Wildman–Crippen LogP) is 4.15. The van der Waals surface area contributed by atoms with Crippen molar-refractivity contribution in [3.05, 3.63) is 69.0 Å². The van der Waals surface area contributed by atoms with Crippen molar-refractivity contribution in [2.75, 3.05) is 6.79 Å². The summed E-state index contributed by atoms with van der Waals surface area (Å²) in [6.07, 6.45) is 0. The standard InChI is InChI=1S/C19H17N3O4S/c1-12-18(21-17-5-3-2-4-16(17)20-12)10-27-9-14-7-15(22(23)24)6-13-8-25-11-26-19(13)14/h2-7H,8-11H2,1H3. The Hall–Kier alpha value is -2.71. The van der Waals surface area contributed by atoms with Crippen molar-refractivity contribution in [2.24, 2.45) is 0 Å². The van der Waals surface area contributed by atoms with Crippen LogP contribution >= 0.6 is 11.8 Å². The van der Waals surface area contributed by atoms with Crippen molar-refractivity contribution in [1.29, 1.82) is 0 Å². The minimum absolute atomic E-state index is 0.0557. The number of hydrogen-bond acceptors (Lipinski definition) is 7. The molecule has 1 aliphatic heterocycles. The first kappa shape index (κ1) is 17.7. The number of hydrogen-bond donors (Lipinski definition) is 0. The minimum Gasteiger partial charge on any atom is -0.467 e. The lowest BCUT2D eigenvalue weighted by atomic mass is 10.1. The zero-order chi connectivity index (χ0) is 18.8. The van der Waals surface area contributed by atoms with Crippen LogP contribution in [-0.2, 0) is 22.8 Å². The van der Waals surface area contributed by atoms with Gasteiger partial charge in [0.25, 0.3) is 5.69 Å². The summed E-state index contributed by atoms with van der Waals surface area (Å²) in [5, 5.41) is 11.2. The average Bonchev–Trinajstić information content (AvgIpc) is 2.68. The Morgan fingerprint density at radius 1 is 1.19 bits per heavy atom. The molecule has 8 heteroatoms. The molecule has 27 heavy (non-hydrogen) atoms. The van der Waals surface area contributed by atoms with E-state index in [1.165, 1.54) is 6.07 Å². The van der Waals surface area contributed by atoms with Crippen LogP contribution in [0.25, 0.3) is 11.0 Å². The second kappa shape index (κ2) is 7.50. The van der Waals surface area contributed by atoms with Crippen LogP contribution in [0.4, 0.5) is 5.69 Å². The number of nitro groups is 1. The van der Waals surface area contributed by atoms with E-state index in [0.29, 0.717) is 29.4 Å². The van der Waals surface area contributed by atoms with Crippen LogP contribution in [0, 0.1) is 17.0 Å². The topological polar surface area (TPSA) is 87.4 Å². The fourth-order valence-electron chi connectivity index (χ4n) is 3.01. The van der Waals surface area contributed by atoms with Crippen molar-refractivity contribution in [2.45, 2.75) is 25.0 Å². The number of fused-ring (bicyclic) bond motifs is 2. The van der Waals surface area contributed by atoms with Crippen LogP contribution in [0.2, 0.25) is 0 Å². The number of aromatic nitrogens is 2. The van der Waals surface area contributed by atoms with E-state index in [9.17, 15) is 10.1 Å². The summed E-state index contributed by atoms with van der Waals surface area (Å²) in [5.41, 5.74) is 5.14. The van der Waals surface area contributed by atoms with E-state index in [2.05, 4.69) is 4.98 Å². The molecule has 1 aromatic heterocycles. The molecule has 0 saturated carbocycles. The highest BCUT2D eigenvalue weighted by atomic mass is 32.2. The molecule has 0 atom stereocenters. The molecule has 1 aliphatic rings. The van der Waals surface area contributed by atoms with Gasteiger partial charge in [-0.2, -0.15) is 11.8 Å². The Kier molecular flexibility index (Phi) is 4.91. The van der Waals surface area contributed by atoms with Crippen molar-refractivity contribution >= 4 is 28.5 Å². The molecule has 0 fully saturated rings. The maximum atomic E-state index is 11.2. The van der Waals surface area contributed by atoms with Gasteiger partial charge in [-0.05, 0) is 19.1 Å². The van der Waals surface area contributed by atoms with E-state index < -0.39 is 0 Å². The molecule has 138 valence electrons. The number of nitro benzene ring substituents is 1. The number of non-ortho nitro benzene ring substituents is 1. The molecule has 0 saturated heterocycles. The second-order valence-electron chi connectivity index (χ2n) is 6.20. The highest BCUT2D eigenvalue weighted by Gasteiger charge is 2.21. The van der Waals surface area contributed by atoms with Crippen LogP contribution < -0.4 is 4.74 Å². The highest BCUT2D eigenvalue weighted by Crippen LogP contribution is 2.35. The molecule has 0 bridgehead atoms. The van der Waals surface area contributed by atoms with Crippen molar-refractivity contribution in [3.8, 4) is 5.75 Å². The number of thioether (sulfide) groups is 1. The molecule has 0 N–H and O–H groups in total. The van der Waals surface area contributed by atoms with Crippen LogP contribution in [0.1, 0.15) is 22.5 Å². The molecular weight excluding hydrogens is 366 g/mol. The molecular formula is C19H17N3O4S. The second-order valence-corrected chi connectivity index (χ2v) is 7.18. The van der Waals surface area contributed by atoms with Gasteiger partial charge in [0.15, 0.2) is 6.79 Å². The van der Waals surface area contributed by atoms with E-state index in [-0.39, 0.29) is 17.4 Å². The van der Waals surface area contributed by atoms with Crippen molar-refractivity contribution in [1.82, 2.24) is 9.97 Å². The summed E-state index contributed by atoms with van der Waals surface area (Å²) in [7, 11) is 0. The van der Waals surface area contributed by atoms with Gasteiger partial charge in [-0.25, -0.2) is 9.97 Å². The number of nitrogens with zero attached hydrogens (tertiary/aromatic N) is 3. The van der Waals surface area contributed by atoms with E-state index in [1.807, 2.05) is 31.2 Å². The Morgan fingerprint density at radius 2 is 1.96 bits per heavy atom. The number of benzene rings is 2. The average molecular weight is 383 g/mol. The molecule has 7 nitrogen and oxygen atoms in total. The molecule has 0 radical (unpaired) electrons. The van der Waals surface area contributed by atoms with Gasteiger partial charge in [0.2, 0.25) is 0 Å². The lowest BCUT2D eigenvalue weighted by molar-refractivity contribution is -0.385. The Bertz CT molecular complexity index is 1030. The van der Waals surface area contributed by atoms with Gasteiger partial charge in [0, 0.05) is 34.8 Å². The van der Waals surface area contributed by atoms with Gasteiger partial charge in [-0.3, -0.25) is 10.1 Å². The van der Waals surface area contributed by atoms with Crippen LogP contribution in [0.3, 0.4) is 0 Å². The smallest absolute Gasteiger partial charge is 0.270 e. The normalized spacial score (nSPS) is 13.2. The van der Waals surface area contributed by atoms with E-state index in [1.54, 1.807) is 17.8 Å². The third-order valence-corrected chi connectivity index (χ3v) is 5.31. The Balaban J connectivity index is 1.55. The summed E-state index contributed by atoms with van der Waals surface area (Å²) < 4.78 is 10.8. The fourth-order valence-corrected chi connectivity index (χ4v) is 4.02. The zero-order valence-electron chi connectivity index (χ0n) is 14.7. The molecule has 2 aromatic carbocycles. The van der Waals surface area contributed by atoms with E-state index in [0.717, 1.165) is 28.0 Å². The van der Waals surface area contributed by atoms with E-state index in [4.69, 9.17) is 14.5 Å². The quantitative estimate of drug-likeness (QED) is 0.483. The third kappa shape index (κ3) is 3.72. The lowest BCUT2D eigenvalue weighted by Gasteiger charge is -2.20. The highest BCUT2D eigenvalue weighted by molar-refractivity contribution is 7.97. The summed E-state index contributed by atoms with van der Waals surface area (Å²) >= 11 is 1.63. The molecule has 0 spiro atoms. The van der Waals surface area contributed by atoms with Crippen molar-refractivity contribution < 1.29 is 14.4 Å². The molecule has 2 heterocycles. The van der Waals surface area contributed by atoms with Gasteiger partial charge in [0.1, 0.15) is 5.75 Å². The van der Waals surface area contributed by atoms with Crippen LogP contribution in [0.5, 0.6) is 5.75 Å². The van der Waals surface area contributed by atoms with Gasteiger partial charge >= 0.3 is 0 Å². The Morgan fingerprint density at radius 3 is 2.74 bits per heavy atom. The van der Waals surface area contributed by atoms with Crippen LogP contribution in [-0.4, -0.2) is 21.7 Å².